The van der Waals surface area contributed by atoms with Gasteiger partial charge >= 0.3 is 0 Å². The van der Waals surface area contributed by atoms with Crippen molar-refractivity contribution >= 4 is 0 Å². The van der Waals surface area contributed by atoms with Crippen LogP contribution < -0.4 is 0 Å². The van der Waals surface area contributed by atoms with Crippen LogP contribution in [0, 0.1) is 11.8 Å². The van der Waals surface area contributed by atoms with Gasteiger partial charge in [0.2, 0.25) is 0 Å². The molecule has 62 valence electrons. The predicted molar refractivity (Wildman–Crippen MR) is 41.9 cm³/mol. The number of ether oxygens (including phenoxy) is 1. The monoisotopic (exact) mass is 154 g/mol. The average molecular weight is 154 g/mol. The molecule has 2 aliphatic rings. The zero-order valence-corrected chi connectivity index (χ0v) is 6.79. The maximum atomic E-state index is 9.48. The third-order valence-electron chi connectivity index (χ3n) is 3.02. The Kier molecular flexibility index (Phi) is 1.46. The van der Waals surface area contributed by atoms with Crippen molar-refractivity contribution in [1.82, 2.24) is 0 Å². The largest absolute Gasteiger partial charge is 0.495 e. The van der Waals surface area contributed by atoms with E-state index in [1.807, 2.05) is 0 Å². The Balaban J connectivity index is 2.13. The van der Waals surface area contributed by atoms with Crippen molar-refractivity contribution in [2.75, 3.05) is 0 Å². The predicted octanol–water partition coefficient (Wildman–Crippen LogP) is 1.31. The topological polar surface area (TPSA) is 29.5 Å². The van der Waals surface area contributed by atoms with E-state index in [4.69, 9.17) is 4.74 Å². The highest BCUT2D eigenvalue weighted by atomic mass is 16.5. The van der Waals surface area contributed by atoms with E-state index in [0.29, 0.717) is 11.8 Å². The molecule has 0 aromatic carbocycles. The first-order chi connectivity index (χ1) is 5.18. The first-order valence-corrected chi connectivity index (χ1v) is 4.21. The Morgan fingerprint density at radius 1 is 1.64 bits per heavy atom. The van der Waals surface area contributed by atoms with Gasteiger partial charge in [0.15, 0.2) is 0 Å². The zero-order valence-electron chi connectivity index (χ0n) is 6.79. The molecule has 2 rings (SSSR count). The molecule has 2 fully saturated rings. The number of aliphatic hydroxyl groups is 1. The summed E-state index contributed by atoms with van der Waals surface area (Å²) in [6, 6.07) is 0. The standard InChI is InChI=1S/C9H14O2/c1-5-3-7-6(2)8(10)4-9(7)11-5/h6-10H,1,3-4H2,2H3. The van der Waals surface area contributed by atoms with Crippen LogP contribution in [-0.4, -0.2) is 17.3 Å². The van der Waals surface area contributed by atoms with E-state index in [1.165, 1.54) is 0 Å². The van der Waals surface area contributed by atoms with Gasteiger partial charge < -0.3 is 9.84 Å². The number of allylic oxidation sites excluding steroid dienone is 1. The molecule has 2 nitrogen and oxygen atoms in total. The van der Waals surface area contributed by atoms with Crippen molar-refractivity contribution in [2.24, 2.45) is 11.8 Å². The van der Waals surface area contributed by atoms with Crippen molar-refractivity contribution in [3.63, 3.8) is 0 Å². The van der Waals surface area contributed by atoms with Gasteiger partial charge in [0.25, 0.3) is 0 Å². The second-order valence-electron chi connectivity index (χ2n) is 3.73. The van der Waals surface area contributed by atoms with Gasteiger partial charge in [-0.05, 0) is 5.92 Å². The third kappa shape index (κ3) is 0.968. The molecule has 1 aliphatic carbocycles. The summed E-state index contributed by atoms with van der Waals surface area (Å²) in [5, 5.41) is 9.48. The molecule has 1 saturated carbocycles. The van der Waals surface area contributed by atoms with Gasteiger partial charge in [-0.25, -0.2) is 0 Å². The first kappa shape index (κ1) is 7.17. The Hall–Kier alpha value is -0.500. The number of hydrogen-bond acceptors (Lipinski definition) is 2. The van der Waals surface area contributed by atoms with Gasteiger partial charge in [-0.3, -0.25) is 0 Å². The summed E-state index contributed by atoms with van der Waals surface area (Å²) in [5.41, 5.74) is 0. The maximum absolute atomic E-state index is 9.48. The second-order valence-corrected chi connectivity index (χ2v) is 3.73. The minimum absolute atomic E-state index is 0.155. The quantitative estimate of drug-likeness (QED) is 0.570. The van der Waals surface area contributed by atoms with Crippen molar-refractivity contribution in [2.45, 2.75) is 32.0 Å². The second kappa shape index (κ2) is 2.24. The molecule has 1 aliphatic heterocycles. The van der Waals surface area contributed by atoms with E-state index in [1.54, 1.807) is 0 Å². The molecule has 0 aromatic heterocycles. The normalized spacial score (nSPS) is 49.1. The van der Waals surface area contributed by atoms with E-state index in [0.717, 1.165) is 18.6 Å². The van der Waals surface area contributed by atoms with Crippen LogP contribution in [-0.2, 0) is 4.74 Å². The van der Waals surface area contributed by atoms with Gasteiger partial charge in [0.1, 0.15) is 6.10 Å². The van der Waals surface area contributed by atoms with Crippen LogP contribution in [0.1, 0.15) is 19.8 Å². The van der Waals surface area contributed by atoms with Crippen LogP contribution in [0.15, 0.2) is 12.3 Å². The summed E-state index contributed by atoms with van der Waals surface area (Å²) in [6.45, 7) is 5.89. The van der Waals surface area contributed by atoms with Crippen molar-refractivity contribution in [3.8, 4) is 0 Å². The fourth-order valence-corrected chi connectivity index (χ4v) is 2.23. The highest BCUT2D eigenvalue weighted by Crippen LogP contribution is 2.43. The van der Waals surface area contributed by atoms with E-state index in [-0.39, 0.29) is 12.2 Å². The molecule has 1 N–H and O–H groups in total. The molecule has 4 atom stereocenters. The zero-order chi connectivity index (χ0) is 8.01. The number of hydrogen-bond donors (Lipinski definition) is 1. The molecule has 1 heterocycles. The van der Waals surface area contributed by atoms with Gasteiger partial charge in [0.05, 0.1) is 11.9 Å². The molecule has 0 spiro atoms. The van der Waals surface area contributed by atoms with Crippen LogP contribution in [0.4, 0.5) is 0 Å². The van der Waals surface area contributed by atoms with Crippen molar-refractivity contribution in [1.29, 1.82) is 0 Å². The molecule has 0 aromatic rings. The third-order valence-corrected chi connectivity index (χ3v) is 3.02. The van der Waals surface area contributed by atoms with E-state index < -0.39 is 0 Å². The van der Waals surface area contributed by atoms with Crippen molar-refractivity contribution in [3.05, 3.63) is 12.3 Å². The molecule has 2 heteroatoms. The number of fused-ring (bicyclic) bond motifs is 1. The summed E-state index contributed by atoms with van der Waals surface area (Å²) < 4.78 is 5.47. The van der Waals surface area contributed by atoms with Gasteiger partial charge in [0, 0.05) is 18.8 Å². The molecule has 11 heavy (non-hydrogen) atoms. The van der Waals surface area contributed by atoms with Gasteiger partial charge in [-0.15, -0.1) is 0 Å². The fraction of sp³-hybridized carbons (Fsp3) is 0.778. The average Bonchev–Trinajstić information content (AvgIpc) is 2.37. The molecule has 0 amide bonds. The Labute approximate surface area is 66.9 Å². The lowest BCUT2D eigenvalue weighted by molar-refractivity contribution is 0.108. The lowest BCUT2D eigenvalue weighted by atomic mass is 9.94. The molecular formula is C9H14O2. The Bertz CT molecular complexity index is 188. The van der Waals surface area contributed by atoms with Crippen LogP contribution in [0.3, 0.4) is 0 Å². The Morgan fingerprint density at radius 3 is 3.00 bits per heavy atom. The minimum atomic E-state index is -0.155. The summed E-state index contributed by atoms with van der Waals surface area (Å²) in [7, 11) is 0. The van der Waals surface area contributed by atoms with Gasteiger partial charge in [-0.2, -0.15) is 0 Å². The molecule has 0 radical (unpaired) electrons. The highest BCUT2D eigenvalue weighted by Gasteiger charge is 2.45. The Morgan fingerprint density at radius 2 is 2.36 bits per heavy atom. The first-order valence-electron chi connectivity index (χ1n) is 4.21. The van der Waals surface area contributed by atoms with Crippen molar-refractivity contribution < 1.29 is 9.84 Å². The van der Waals surface area contributed by atoms with Crippen LogP contribution >= 0.6 is 0 Å². The fourth-order valence-electron chi connectivity index (χ4n) is 2.23. The lowest BCUT2D eigenvalue weighted by Crippen LogP contribution is -2.15. The van der Waals surface area contributed by atoms with Crippen LogP contribution in [0.2, 0.25) is 0 Å². The number of rotatable bonds is 0. The maximum Gasteiger partial charge on any atom is 0.104 e. The molecular weight excluding hydrogens is 140 g/mol. The summed E-state index contributed by atoms with van der Waals surface area (Å²) in [5.74, 6) is 1.82. The summed E-state index contributed by atoms with van der Waals surface area (Å²) in [6.07, 6.45) is 1.85. The number of aliphatic hydroxyl groups excluding tert-OH is 1. The smallest absolute Gasteiger partial charge is 0.104 e. The molecule has 4 unspecified atom stereocenters. The molecule has 1 saturated heterocycles. The van der Waals surface area contributed by atoms with Gasteiger partial charge in [-0.1, -0.05) is 13.5 Å². The van der Waals surface area contributed by atoms with Crippen LogP contribution in [0.5, 0.6) is 0 Å². The summed E-state index contributed by atoms with van der Waals surface area (Å²) >= 11 is 0. The minimum Gasteiger partial charge on any atom is -0.495 e. The van der Waals surface area contributed by atoms with E-state index >= 15 is 0 Å². The lowest BCUT2D eigenvalue weighted by Gasteiger charge is -2.12. The summed E-state index contributed by atoms with van der Waals surface area (Å²) in [4.78, 5) is 0. The van der Waals surface area contributed by atoms with E-state index in [2.05, 4.69) is 13.5 Å². The van der Waals surface area contributed by atoms with E-state index in [9.17, 15) is 5.11 Å². The van der Waals surface area contributed by atoms with Crippen LogP contribution in [0.25, 0.3) is 0 Å². The highest BCUT2D eigenvalue weighted by molar-refractivity contribution is 5.03. The SMILES string of the molecule is C=C1CC2C(CC(O)C2C)O1. The molecule has 0 bridgehead atoms.